The minimum atomic E-state index is -4.58. The quantitative estimate of drug-likeness (QED) is 0.304. The maximum Gasteiger partial charge on any atom is 0.433 e. The molecule has 5 rings (SSSR count). The van der Waals surface area contributed by atoms with Crippen molar-refractivity contribution in [2.24, 2.45) is 0 Å². The molecule has 1 aliphatic heterocycles. The van der Waals surface area contributed by atoms with Crippen LogP contribution in [0.25, 0.3) is 21.5 Å². The number of halogens is 3. The number of nitrogens with zero attached hydrogens (tertiary/aromatic N) is 4. The van der Waals surface area contributed by atoms with Crippen molar-refractivity contribution < 1.29 is 22.7 Å². The van der Waals surface area contributed by atoms with Gasteiger partial charge >= 0.3 is 6.18 Å². The second kappa shape index (κ2) is 10.3. The van der Waals surface area contributed by atoms with Crippen LogP contribution in [0.1, 0.15) is 25.5 Å². The number of anilines is 2. The molecule has 3 aromatic heterocycles. The Morgan fingerprint density at radius 2 is 2.08 bits per heavy atom. The van der Waals surface area contributed by atoms with Gasteiger partial charge in [-0.05, 0) is 43.7 Å². The van der Waals surface area contributed by atoms with Gasteiger partial charge in [-0.1, -0.05) is 17.4 Å². The number of carbonyl (C=O) groups excluding carboxylic acids is 1. The molecule has 13 heteroatoms. The van der Waals surface area contributed by atoms with Gasteiger partial charge in [0.1, 0.15) is 23.4 Å². The van der Waals surface area contributed by atoms with E-state index in [4.69, 9.17) is 4.74 Å². The number of ether oxygens (including phenoxy) is 1. The fourth-order valence-electron chi connectivity index (χ4n) is 3.97. The molecule has 1 atom stereocenters. The van der Waals surface area contributed by atoms with Gasteiger partial charge in [0.15, 0.2) is 10.9 Å². The van der Waals surface area contributed by atoms with Crippen LogP contribution < -0.4 is 20.7 Å². The van der Waals surface area contributed by atoms with E-state index in [0.717, 1.165) is 30.2 Å². The van der Waals surface area contributed by atoms with Gasteiger partial charge in [-0.25, -0.2) is 19.9 Å². The summed E-state index contributed by atoms with van der Waals surface area (Å²) in [6, 6.07) is 9.29. The van der Waals surface area contributed by atoms with Crippen LogP contribution in [0.2, 0.25) is 0 Å². The Labute approximate surface area is 213 Å². The second-order valence-electron chi connectivity index (χ2n) is 8.41. The minimum absolute atomic E-state index is 0.0785. The third-order valence-corrected chi connectivity index (χ3v) is 6.60. The lowest BCUT2D eigenvalue weighted by atomic mass is 10.1. The Morgan fingerprint density at radius 1 is 1.22 bits per heavy atom. The average molecular weight is 530 g/mol. The lowest BCUT2D eigenvalue weighted by Crippen LogP contribution is -2.29. The predicted molar refractivity (Wildman–Crippen MR) is 134 cm³/mol. The minimum Gasteiger partial charge on any atom is -0.437 e. The molecule has 3 N–H and O–H groups in total. The molecule has 0 spiro atoms. The molecule has 1 saturated heterocycles. The first kappa shape index (κ1) is 24.8. The summed E-state index contributed by atoms with van der Waals surface area (Å²) in [7, 11) is 0. The Bertz CT molecular complexity index is 1440. The Morgan fingerprint density at radius 3 is 2.84 bits per heavy atom. The van der Waals surface area contributed by atoms with Crippen molar-refractivity contribution in [2.75, 3.05) is 23.7 Å². The second-order valence-corrected chi connectivity index (χ2v) is 9.44. The molecule has 192 valence electrons. The molecule has 1 fully saturated rings. The van der Waals surface area contributed by atoms with E-state index in [9.17, 15) is 18.0 Å². The first-order valence-corrected chi connectivity index (χ1v) is 12.3. The van der Waals surface area contributed by atoms with E-state index in [1.54, 1.807) is 12.1 Å². The molecule has 1 unspecified atom stereocenters. The summed E-state index contributed by atoms with van der Waals surface area (Å²) >= 11 is 1.30. The van der Waals surface area contributed by atoms with E-state index in [1.807, 2.05) is 6.07 Å². The number of nitrogens with one attached hydrogen (secondary N) is 3. The number of para-hydroxylation sites is 1. The van der Waals surface area contributed by atoms with Crippen molar-refractivity contribution >= 4 is 38.4 Å². The highest BCUT2D eigenvalue weighted by molar-refractivity contribution is 7.22. The van der Waals surface area contributed by atoms with Gasteiger partial charge < -0.3 is 20.7 Å². The van der Waals surface area contributed by atoms with Crippen LogP contribution in [0.3, 0.4) is 0 Å². The van der Waals surface area contributed by atoms with Crippen molar-refractivity contribution in [1.82, 2.24) is 25.3 Å². The standard InChI is InChI=1S/C24H22F3N7O2S/c1-13(35)32-23-34-21-17(5-2-6-18(21)37-23)36-20-10-16(30-12-31-20)15-7-8-19(24(25,26)27)33-22(15)29-11-14-4-3-9-28-14/h2,5-8,10,12,14,28H,3-4,9,11H2,1H3,(H,29,33)(H,32,34,35). The van der Waals surface area contributed by atoms with Crippen molar-refractivity contribution in [1.29, 1.82) is 0 Å². The molecule has 0 saturated carbocycles. The zero-order chi connectivity index (χ0) is 26.0. The molecular formula is C24H22F3N7O2S. The van der Waals surface area contributed by atoms with Gasteiger partial charge in [0, 0.05) is 31.1 Å². The molecule has 1 aliphatic rings. The van der Waals surface area contributed by atoms with Gasteiger partial charge in [-0.2, -0.15) is 13.2 Å². The summed E-state index contributed by atoms with van der Waals surface area (Å²) in [4.78, 5) is 28.1. The molecular weight excluding hydrogens is 507 g/mol. The van der Waals surface area contributed by atoms with Gasteiger partial charge in [0.25, 0.3) is 0 Å². The molecule has 0 radical (unpaired) electrons. The molecule has 0 bridgehead atoms. The molecule has 37 heavy (non-hydrogen) atoms. The highest BCUT2D eigenvalue weighted by atomic mass is 32.1. The first-order valence-electron chi connectivity index (χ1n) is 11.5. The van der Waals surface area contributed by atoms with Crippen LogP contribution in [-0.2, 0) is 11.0 Å². The number of hydrogen-bond acceptors (Lipinski definition) is 9. The Kier molecular flexibility index (Phi) is 6.89. The number of hydrogen-bond donors (Lipinski definition) is 3. The molecule has 4 aromatic rings. The Balaban J connectivity index is 1.45. The molecule has 4 heterocycles. The molecule has 0 aliphatic carbocycles. The van der Waals surface area contributed by atoms with Crippen molar-refractivity contribution in [3.05, 3.63) is 48.4 Å². The fourth-order valence-corrected chi connectivity index (χ4v) is 4.90. The van der Waals surface area contributed by atoms with Crippen LogP contribution in [0, 0.1) is 0 Å². The lowest BCUT2D eigenvalue weighted by Gasteiger charge is -2.17. The number of amides is 1. The van der Waals surface area contributed by atoms with Crippen LogP contribution in [0.15, 0.2) is 42.7 Å². The largest absolute Gasteiger partial charge is 0.437 e. The third-order valence-electron chi connectivity index (χ3n) is 5.66. The summed E-state index contributed by atoms with van der Waals surface area (Å²) in [6.45, 7) is 2.70. The average Bonchev–Trinajstić information content (AvgIpc) is 3.52. The third kappa shape index (κ3) is 5.78. The highest BCUT2D eigenvalue weighted by Crippen LogP contribution is 2.36. The summed E-state index contributed by atoms with van der Waals surface area (Å²) in [5, 5.41) is 9.46. The normalized spacial score (nSPS) is 15.6. The summed E-state index contributed by atoms with van der Waals surface area (Å²) in [6.07, 6.45) is -1.37. The number of fused-ring (bicyclic) bond motifs is 1. The van der Waals surface area contributed by atoms with Gasteiger partial charge in [0.2, 0.25) is 11.8 Å². The summed E-state index contributed by atoms with van der Waals surface area (Å²) < 4.78 is 46.9. The number of carbonyl (C=O) groups is 1. The molecule has 9 nitrogen and oxygen atoms in total. The van der Waals surface area contributed by atoms with Crippen molar-refractivity contribution in [3.8, 4) is 22.9 Å². The van der Waals surface area contributed by atoms with Crippen LogP contribution in [0.4, 0.5) is 24.1 Å². The molecule has 1 amide bonds. The van der Waals surface area contributed by atoms with Crippen molar-refractivity contribution in [2.45, 2.75) is 32.0 Å². The number of thiazole rings is 1. The van der Waals surface area contributed by atoms with E-state index in [2.05, 4.69) is 35.9 Å². The SMILES string of the molecule is CC(=O)Nc1nc2c(Oc3cc(-c4ccc(C(F)(F)F)nc4NCC4CCCN4)ncn3)cccc2s1. The van der Waals surface area contributed by atoms with E-state index >= 15 is 0 Å². The lowest BCUT2D eigenvalue weighted by molar-refractivity contribution is -0.141. The van der Waals surface area contributed by atoms with E-state index in [1.165, 1.54) is 36.7 Å². The van der Waals surface area contributed by atoms with Gasteiger partial charge in [-0.3, -0.25) is 4.79 Å². The number of alkyl halides is 3. The fraction of sp³-hybridized carbons (Fsp3) is 0.292. The summed E-state index contributed by atoms with van der Waals surface area (Å²) in [5.41, 5.74) is 0.281. The van der Waals surface area contributed by atoms with Crippen LogP contribution in [0.5, 0.6) is 11.6 Å². The van der Waals surface area contributed by atoms with E-state index in [0.29, 0.717) is 34.2 Å². The monoisotopic (exact) mass is 529 g/mol. The Hall–Kier alpha value is -3.84. The topological polar surface area (TPSA) is 114 Å². The van der Waals surface area contributed by atoms with Crippen molar-refractivity contribution in [3.63, 3.8) is 0 Å². The maximum atomic E-state index is 13.4. The maximum absolute atomic E-state index is 13.4. The first-order chi connectivity index (χ1) is 17.8. The van der Waals surface area contributed by atoms with Crippen LogP contribution >= 0.6 is 11.3 Å². The van der Waals surface area contributed by atoms with E-state index in [-0.39, 0.29) is 23.6 Å². The predicted octanol–water partition coefficient (Wildman–Crippen LogP) is 5.08. The zero-order valence-corrected chi connectivity index (χ0v) is 20.4. The number of rotatable bonds is 7. The number of pyridine rings is 1. The van der Waals surface area contributed by atoms with Gasteiger partial charge in [-0.15, -0.1) is 0 Å². The van der Waals surface area contributed by atoms with Gasteiger partial charge in [0.05, 0.1) is 10.4 Å². The smallest absolute Gasteiger partial charge is 0.433 e. The zero-order valence-electron chi connectivity index (χ0n) is 19.6. The number of aromatic nitrogens is 4. The highest BCUT2D eigenvalue weighted by Gasteiger charge is 2.33. The van der Waals surface area contributed by atoms with E-state index < -0.39 is 11.9 Å². The molecule has 1 aromatic carbocycles. The number of benzene rings is 1. The van der Waals surface area contributed by atoms with Crippen LogP contribution in [-0.4, -0.2) is 45.0 Å². The summed E-state index contributed by atoms with van der Waals surface area (Å²) in [5.74, 6) is 0.427.